The highest BCUT2D eigenvalue weighted by atomic mass is 79.9. The highest BCUT2D eigenvalue weighted by molar-refractivity contribution is 9.11. The summed E-state index contributed by atoms with van der Waals surface area (Å²) < 4.78 is 7.14. The van der Waals surface area contributed by atoms with E-state index >= 15 is 0 Å². The first-order chi connectivity index (χ1) is 5.16. The molecule has 0 saturated carbocycles. The predicted octanol–water partition coefficient (Wildman–Crippen LogP) is 3.53. The lowest BCUT2D eigenvalue weighted by Crippen LogP contribution is -1.87. The molecule has 0 aliphatic rings. The van der Waals surface area contributed by atoms with Gasteiger partial charge in [0.05, 0.1) is 16.1 Å². The first-order valence-corrected chi connectivity index (χ1v) is 4.74. The van der Waals surface area contributed by atoms with E-state index in [0.717, 1.165) is 14.7 Å². The van der Waals surface area contributed by atoms with Crippen molar-refractivity contribution in [1.29, 1.82) is 0 Å². The van der Waals surface area contributed by atoms with Gasteiger partial charge in [-0.25, -0.2) is 0 Å². The summed E-state index contributed by atoms with van der Waals surface area (Å²) in [7, 11) is 1.66. The molecule has 0 bridgehead atoms. The average Bonchev–Trinajstić information content (AvgIpc) is 1.99. The molecule has 0 aliphatic heterocycles. The van der Waals surface area contributed by atoms with Crippen molar-refractivity contribution in [2.45, 2.75) is 6.92 Å². The Morgan fingerprint density at radius 1 is 1.27 bits per heavy atom. The monoisotopic (exact) mass is 278 g/mol. The minimum absolute atomic E-state index is 0.852. The zero-order valence-corrected chi connectivity index (χ0v) is 9.49. The van der Waals surface area contributed by atoms with Crippen molar-refractivity contribution in [3.63, 3.8) is 0 Å². The number of ether oxygens (including phenoxy) is 1. The number of aryl methyl sites for hydroxylation is 1. The van der Waals surface area contributed by atoms with E-state index in [1.807, 2.05) is 19.1 Å². The van der Waals surface area contributed by atoms with Gasteiger partial charge in [0.25, 0.3) is 0 Å². The van der Waals surface area contributed by atoms with Crippen LogP contribution in [0.3, 0.4) is 0 Å². The van der Waals surface area contributed by atoms with Crippen molar-refractivity contribution in [2.75, 3.05) is 7.11 Å². The van der Waals surface area contributed by atoms with Crippen LogP contribution in [0.1, 0.15) is 5.56 Å². The fourth-order valence-electron chi connectivity index (χ4n) is 0.818. The lowest BCUT2D eigenvalue weighted by molar-refractivity contribution is 0.409. The molecule has 1 aromatic carbocycles. The number of hydrogen-bond donors (Lipinski definition) is 0. The van der Waals surface area contributed by atoms with Crippen molar-refractivity contribution in [1.82, 2.24) is 0 Å². The Morgan fingerprint density at radius 3 is 2.36 bits per heavy atom. The van der Waals surface area contributed by atoms with E-state index in [9.17, 15) is 0 Å². The first kappa shape index (κ1) is 9.07. The summed E-state index contributed by atoms with van der Waals surface area (Å²) in [4.78, 5) is 0. The summed E-state index contributed by atoms with van der Waals surface area (Å²) in [5.74, 6) is 0.852. The summed E-state index contributed by atoms with van der Waals surface area (Å²) in [6.45, 7) is 2.03. The van der Waals surface area contributed by atoms with Gasteiger partial charge in [-0.2, -0.15) is 0 Å². The van der Waals surface area contributed by atoms with Crippen LogP contribution >= 0.6 is 31.9 Å². The smallest absolute Gasteiger partial charge is 0.147 e. The zero-order chi connectivity index (χ0) is 8.43. The molecule has 0 N–H and O–H groups in total. The molecule has 0 radical (unpaired) electrons. The van der Waals surface area contributed by atoms with E-state index in [1.165, 1.54) is 5.56 Å². The van der Waals surface area contributed by atoms with Crippen molar-refractivity contribution in [3.8, 4) is 5.75 Å². The Bertz CT molecular complexity index is 271. The minimum atomic E-state index is 0.852. The van der Waals surface area contributed by atoms with Crippen molar-refractivity contribution in [3.05, 3.63) is 26.6 Å². The third-order valence-electron chi connectivity index (χ3n) is 1.45. The maximum atomic E-state index is 5.16. The van der Waals surface area contributed by atoms with Crippen LogP contribution in [-0.2, 0) is 0 Å². The first-order valence-electron chi connectivity index (χ1n) is 3.15. The lowest BCUT2D eigenvalue weighted by Gasteiger charge is -2.07. The van der Waals surface area contributed by atoms with Crippen LogP contribution in [0.15, 0.2) is 21.1 Å². The molecular formula is C8H8Br2O. The SMILES string of the molecule is COc1c(Br)ccc(C)c1Br. The van der Waals surface area contributed by atoms with Gasteiger partial charge in [0, 0.05) is 0 Å². The van der Waals surface area contributed by atoms with Crippen molar-refractivity contribution < 1.29 is 4.74 Å². The van der Waals surface area contributed by atoms with Crippen LogP contribution in [0.2, 0.25) is 0 Å². The molecule has 0 amide bonds. The molecule has 0 aliphatic carbocycles. The van der Waals surface area contributed by atoms with Gasteiger partial charge in [-0.1, -0.05) is 6.07 Å². The lowest BCUT2D eigenvalue weighted by atomic mass is 10.2. The zero-order valence-electron chi connectivity index (χ0n) is 6.32. The highest BCUT2D eigenvalue weighted by Crippen LogP contribution is 2.35. The van der Waals surface area contributed by atoms with Gasteiger partial charge in [0.15, 0.2) is 0 Å². The molecule has 0 saturated heterocycles. The van der Waals surface area contributed by atoms with Crippen LogP contribution in [0.4, 0.5) is 0 Å². The Labute approximate surface area is 83.0 Å². The van der Waals surface area contributed by atoms with Gasteiger partial charge in [0.1, 0.15) is 5.75 Å². The van der Waals surface area contributed by atoms with Gasteiger partial charge < -0.3 is 4.74 Å². The Hall–Kier alpha value is -0.0200. The molecular weight excluding hydrogens is 272 g/mol. The van der Waals surface area contributed by atoms with E-state index in [4.69, 9.17) is 4.74 Å². The predicted molar refractivity (Wildman–Crippen MR) is 53.1 cm³/mol. The molecule has 11 heavy (non-hydrogen) atoms. The molecule has 60 valence electrons. The Morgan fingerprint density at radius 2 is 1.91 bits per heavy atom. The van der Waals surface area contributed by atoms with E-state index in [-0.39, 0.29) is 0 Å². The van der Waals surface area contributed by atoms with E-state index < -0.39 is 0 Å². The molecule has 1 nitrogen and oxygen atoms in total. The van der Waals surface area contributed by atoms with Gasteiger partial charge in [-0.15, -0.1) is 0 Å². The Balaban J connectivity index is 3.29. The molecule has 0 atom stereocenters. The van der Waals surface area contributed by atoms with Crippen molar-refractivity contribution in [2.24, 2.45) is 0 Å². The van der Waals surface area contributed by atoms with E-state index in [1.54, 1.807) is 7.11 Å². The molecule has 1 rings (SSSR count). The summed E-state index contributed by atoms with van der Waals surface area (Å²) in [5.41, 5.74) is 1.17. The third-order valence-corrected chi connectivity index (χ3v) is 3.06. The van der Waals surface area contributed by atoms with Gasteiger partial charge in [0.2, 0.25) is 0 Å². The molecule has 0 spiro atoms. The van der Waals surface area contributed by atoms with Crippen LogP contribution in [-0.4, -0.2) is 7.11 Å². The summed E-state index contributed by atoms with van der Waals surface area (Å²) >= 11 is 6.82. The largest absolute Gasteiger partial charge is 0.494 e. The number of benzene rings is 1. The van der Waals surface area contributed by atoms with E-state index in [2.05, 4.69) is 31.9 Å². The Kier molecular flexibility index (Phi) is 2.96. The van der Waals surface area contributed by atoms with Crippen LogP contribution < -0.4 is 4.74 Å². The fourth-order valence-corrected chi connectivity index (χ4v) is 2.08. The quantitative estimate of drug-likeness (QED) is 0.764. The second-order valence-electron chi connectivity index (χ2n) is 2.21. The number of hydrogen-bond acceptors (Lipinski definition) is 1. The van der Waals surface area contributed by atoms with Gasteiger partial charge >= 0.3 is 0 Å². The standard InChI is InChI=1S/C8H8Br2O/c1-5-3-4-6(9)8(11-2)7(5)10/h3-4H,1-2H3. The normalized spacial score (nSPS) is 9.82. The maximum absolute atomic E-state index is 5.16. The maximum Gasteiger partial charge on any atom is 0.147 e. The van der Waals surface area contributed by atoms with Crippen LogP contribution in [0.25, 0.3) is 0 Å². The van der Waals surface area contributed by atoms with Crippen LogP contribution in [0.5, 0.6) is 5.75 Å². The molecule has 0 unspecified atom stereocenters. The number of methoxy groups -OCH3 is 1. The molecule has 0 heterocycles. The second-order valence-corrected chi connectivity index (χ2v) is 3.86. The van der Waals surface area contributed by atoms with Crippen LogP contribution in [0, 0.1) is 6.92 Å². The third kappa shape index (κ3) is 1.76. The molecule has 0 aromatic heterocycles. The number of rotatable bonds is 1. The second kappa shape index (κ2) is 3.59. The van der Waals surface area contributed by atoms with Gasteiger partial charge in [-0.05, 0) is 50.4 Å². The summed E-state index contributed by atoms with van der Waals surface area (Å²) in [6, 6.07) is 4.00. The topological polar surface area (TPSA) is 9.23 Å². The molecule has 3 heteroatoms. The molecule has 0 fully saturated rings. The van der Waals surface area contributed by atoms with Gasteiger partial charge in [-0.3, -0.25) is 0 Å². The summed E-state index contributed by atoms with van der Waals surface area (Å²) in [5, 5.41) is 0. The number of halogens is 2. The minimum Gasteiger partial charge on any atom is -0.494 e. The highest BCUT2D eigenvalue weighted by Gasteiger charge is 2.06. The molecule has 1 aromatic rings. The fraction of sp³-hybridized carbons (Fsp3) is 0.250. The van der Waals surface area contributed by atoms with Crippen molar-refractivity contribution >= 4 is 31.9 Å². The van der Waals surface area contributed by atoms with E-state index in [0.29, 0.717) is 0 Å². The average molecular weight is 280 g/mol. The summed E-state index contributed by atoms with van der Waals surface area (Å²) in [6.07, 6.45) is 0.